The number of nitrogens with zero attached hydrogens (tertiary/aromatic N) is 1. The molecule has 0 saturated carbocycles. The second kappa shape index (κ2) is 5.73. The van der Waals surface area contributed by atoms with Gasteiger partial charge in [0, 0.05) is 25.0 Å². The van der Waals surface area contributed by atoms with E-state index in [1.807, 2.05) is 11.8 Å². The number of nitrogens with one attached hydrogen (secondary N) is 1. The number of rotatable bonds is 2. The molecule has 2 aliphatic rings. The smallest absolute Gasteiger partial charge is 0.240 e. The highest BCUT2D eigenvalue weighted by molar-refractivity contribution is 5.83. The molecule has 0 aliphatic carbocycles. The van der Waals surface area contributed by atoms with Crippen LogP contribution in [0, 0.1) is 5.82 Å². The molecule has 2 fully saturated rings. The highest BCUT2D eigenvalue weighted by atomic mass is 19.1. The van der Waals surface area contributed by atoms with Gasteiger partial charge in [-0.3, -0.25) is 4.79 Å². The number of β-amino-alcohol motifs (C(OH)–C–C–N with tert-alkyl or cyclic N) is 1. The number of benzene rings is 1. The van der Waals surface area contributed by atoms with Crippen molar-refractivity contribution >= 4 is 5.91 Å². The Labute approximate surface area is 124 Å². The molecule has 2 N–H and O–H groups in total. The fraction of sp³-hybridized carbons (Fsp3) is 0.562. The van der Waals surface area contributed by atoms with E-state index in [1.165, 1.54) is 12.1 Å². The van der Waals surface area contributed by atoms with Crippen LogP contribution in [0.25, 0.3) is 0 Å². The summed E-state index contributed by atoms with van der Waals surface area (Å²) < 4.78 is 13.0. The number of halogens is 1. The number of hydrogen-bond donors (Lipinski definition) is 2. The third kappa shape index (κ3) is 2.94. The van der Waals surface area contributed by atoms with Crippen LogP contribution >= 0.6 is 0 Å². The molecule has 4 nitrogen and oxygen atoms in total. The first-order chi connectivity index (χ1) is 10.0. The van der Waals surface area contributed by atoms with E-state index < -0.39 is 6.10 Å². The average Bonchev–Trinajstić information content (AvgIpc) is 3.05. The first-order valence-corrected chi connectivity index (χ1v) is 7.52. The van der Waals surface area contributed by atoms with Gasteiger partial charge in [-0.15, -0.1) is 0 Å². The number of carbonyl (C=O) groups excluding carboxylic acids is 1. The predicted molar refractivity (Wildman–Crippen MR) is 77.3 cm³/mol. The van der Waals surface area contributed by atoms with Gasteiger partial charge in [0.2, 0.25) is 5.91 Å². The molecular weight excluding hydrogens is 271 g/mol. The Hall–Kier alpha value is -1.46. The lowest BCUT2D eigenvalue weighted by atomic mass is 9.97. The van der Waals surface area contributed by atoms with Crippen LogP contribution in [0.3, 0.4) is 0 Å². The molecule has 4 unspecified atom stereocenters. The van der Waals surface area contributed by atoms with E-state index in [0.29, 0.717) is 19.5 Å². The minimum atomic E-state index is -0.426. The molecule has 0 spiro atoms. The molecular formula is C16H21FN2O2. The van der Waals surface area contributed by atoms with Crippen molar-refractivity contribution in [2.45, 2.75) is 43.9 Å². The van der Waals surface area contributed by atoms with E-state index in [4.69, 9.17) is 0 Å². The van der Waals surface area contributed by atoms with Crippen molar-refractivity contribution in [3.05, 3.63) is 35.6 Å². The number of carbonyl (C=O) groups is 1. The molecule has 2 aliphatic heterocycles. The maximum Gasteiger partial charge on any atom is 0.240 e. The molecule has 4 atom stereocenters. The molecule has 1 aromatic rings. The Kier molecular flexibility index (Phi) is 3.95. The monoisotopic (exact) mass is 292 g/mol. The molecule has 1 amide bonds. The largest absolute Gasteiger partial charge is 0.392 e. The number of aliphatic hydroxyl groups excluding tert-OH is 1. The highest BCUT2D eigenvalue weighted by Gasteiger charge is 2.38. The van der Waals surface area contributed by atoms with Crippen LogP contribution in [-0.2, 0) is 4.79 Å². The SMILES string of the molecule is CC1CC(c2ccc(F)cc2)CN1C(=O)C1CC(O)CN1. The van der Waals surface area contributed by atoms with Gasteiger partial charge in [-0.1, -0.05) is 12.1 Å². The summed E-state index contributed by atoms with van der Waals surface area (Å²) in [5.74, 6) is 0.0985. The van der Waals surface area contributed by atoms with Crippen molar-refractivity contribution in [2.24, 2.45) is 0 Å². The lowest BCUT2D eigenvalue weighted by molar-refractivity contribution is -0.133. The standard InChI is InChI=1S/C16H21FN2O2/c1-10-6-12(11-2-4-13(17)5-3-11)9-19(10)16(21)15-7-14(20)8-18-15/h2-5,10,12,14-15,18,20H,6-9H2,1H3. The average molecular weight is 292 g/mol. The quantitative estimate of drug-likeness (QED) is 0.862. The van der Waals surface area contributed by atoms with E-state index in [2.05, 4.69) is 5.32 Å². The molecule has 1 aromatic carbocycles. The van der Waals surface area contributed by atoms with Crippen LogP contribution in [0.5, 0.6) is 0 Å². The Morgan fingerprint density at radius 2 is 2.05 bits per heavy atom. The lowest BCUT2D eigenvalue weighted by Gasteiger charge is -2.25. The van der Waals surface area contributed by atoms with E-state index >= 15 is 0 Å². The summed E-state index contributed by atoms with van der Waals surface area (Å²) >= 11 is 0. The number of likely N-dealkylation sites (tertiary alicyclic amines) is 1. The van der Waals surface area contributed by atoms with Crippen LogP contribution in [0.4, 0.5) is 4.39 Å². The minimum Gasteiger partial charge on any atom is -0.392 e. The van der Waals surface area contributed by atoms with Gasteiger partial charge in [-0.25, -0.2) is 4.39 Å². The summed E-state index contributed by atoms with van der Waals surface area (Å²) in [4.78, 5) is 14.4. The van der Waals surface area contributed by atoms with Crippen molar-refractivity contribution in [3.63, 3.8) is 0 Å². The molecule has 114 valence electrons. The van der Waals surface area contributed by atoms with E-state index in [1.54, 1.807) is 12.1 Å². The minimum absolute atomic E-state index is 0.0728. The fourth-order valence-corrected chi connectivity index (χ4v) is 3.42. The number of hydrogen-bond acceptors (Lipinski definition) is 3. The van der Waals surface area contributed by atoms with Gasteiger partial charge in [0.15, 0.2) is 0 Å². The van der Waals surface area contributed by atoms with Crippen molar-refractivity contribution in [1.82, 2.24) is 10.2 Å². The van der Waals surface area contributed by atoms with E-state index in [9.17, 15) is 14.3 Å². The first-order valence-electron chi connectivity index (χ1n) is 7.52. The third-order valence-corrected chi connectivity index (χ3v) is 4.61. The van der Waals surface area contributed by atoms with Crippen molar-refractivity contribution in [2.75, 3.05) is 13.1 Å². The van der Waals surface area contributed by atoms with Crippen molar-refractivity contribution in [1.29, 1.82) is 0 Å². The first kappa shape index (κ1) is 14.5. The van der Waals surface area contributed by atoms with Crippen LogP contribution in [0.2, 0.25) is 0 Å². The molecule has 0 radical (unpaired) electrons. The van der Waals surface area contributed by atoms with Crippen molar-refractivity contribution < 1.29 is 14.3 Å². The van der Waals surface area contributed by atoms with Crippen LogP contribution in [-0.4, -0.2) is 47.2 Å². The molecule has 0 aromatic heterocycles. The number of aliphatic hydroxyl groups is 1. The van der Waals surface area contributed by atoms with Crippen LogP contribution < -0.4 is 5.32 Å². The summed E-state index contributed by atoms with van der Waals surface area (Å²) in [6.07, 6.45) is 0.959. The summed E-state index contributed by atoms with van der Waals surface area (Å²) in [6.45, 7) is 3.20. The Balaban J connectivity index is 1.68. The highest BCUT2D eigenvalue weighted by Crippen LogP contribution is 2.32. The van der Waals surface area contributed by atoms with Gasteiger partial charge in [-0.05, 0) is 37.5 Å². The second-order valence-corrected chi connectivity index (χ2v) is 6.17. The van der Waals surface area contributed by atoms with E-state index in [-0.39, 0.29) is 29.7 Å². The van der Waals surface area contributed by atoms with Gasteiger partial charge in [-0.2, -0.15) is 0 Å². The summed E-state index contributed by atoms with van der Waals surface area (Å²) in [7, 11) is 0. The van der Waals surface area contributed by atoms with Crippen molar-refractivity contribution in [3.8, 4) is 0 Å². The predicted octanol–water partition coefficient (Wildman–Crippen LogP) is 1.25. The molecule has 2 saturated heterocycles. The molecule has 0 bridgehead atoms. The third-order valence-electron chi connectivity index (χ3n) is 4.61. The normalized spacial score (nSPS) is 32.6. The lowest BCUT2D eigenvalue weighted by Crippen LogP contribution is -2.45. The summed E-state index contributed by atoms with van der Waals surface area (Å²) in [6, 6.07) is 6.46. The zero-order valence-electron chi connectivity index (χ0n) is 12.1. The Morgan fingerprint density at radius 3 is 2.67 bits per heavy atom. The zero-order chi connectivity index (χ0) is 15.0. The molecule has 5 heteroatoms. The molecule has 21 heavy (non-hydrogen) atoms. The maximum atomic E-state index is 13.0. The van der Waals surface area contributed by atoms with Gasteiger partial charge in [0.25, 0.3) is 0 Å². The van der Waals surface area contributed by atoms with Crippen LogP contribution in [0.15, 0.2) is 24.3 Å². The topological polar surface area (TPSA) is 52.6 Å². The second-order valence-electron chi connectivity index (χ2n) is 6.17. The van der Waals surface area contributed by atoms with Gasteiger partial charge in [0.05, 0.1) is 12.1 Å². The van der Waals surface area contributed by atoms with Crippen LogP contribution in [0.1, 0.15) is 31.2 Å². The van der Waals surface area contributed by atoms with Gasteiger partial charge < -0.3 is 15.3 Å². The molecule has 2 heterocycles. The summed E-state index contributed by atoms with van der Waals surface area (Å²) in [5.41, 5.74) is 1.08. The zero-order valence-corrected chi connectivity index (χ0v) is 12.1. The molecule has 3 rings (SSSR count). The van der Waals surface area contributed by atoms with Gasteiger partial charge >= 0.3 is 0 Å². The Bertz CT molecular complexity index is 520. The van der Waals surface area contributed by atoms with E-state index in [0.717, 1.165) is 12.0 Å². The fourth-order valence-electron chi connectivity index (χ4n) is 3.42. The summed E-state index contributed by atoms with van der Waals surface area (Å²) in [5, 5.41) is 12.6. The van der Waals surface area contributed by atoms with Gasteiger partial charge in [0.1, 0.15) is 5.82 Å². The Morgan fingerprint density at radius 1 is 1.33 bits per heavy atom. The number of amides is 1. The maximum absolute atomic E-state index is 13.0.